The SMILES string of the molecule is NC(=S)NN=Cc1ccc(N2CCN(Cc3ccccc3)CC2)c(F)c1. The molecular formula is C19H22FN5S. The molecule has 0 saturated carbocycles. The van der Waals surface area contributed by atoms with Crippen LogP contribution in [0.25, 0.3) is 0 Å². The molecule has 7 heteroatoms. The summed E-state index contributed by atoms with van der Waals surface area (Å²) in [5.74, 6) is -0.249. The number of halogens is 1. The van der Waals surface area contributed by atoms with Gasteiger partial charge < -0.3 is 10.6 Å². The van der Waals surface area contributed by atoms with Gasteiger partial charge in [-0.3, -0.25) is 10.3 Å². The molecule has 0 aromatic heterocycles. The summed E-state index contributed by atoms with van der Waals surface area (Å²) >= 11 is 4.66. The van der Waals surface area contributed by atoms with E-state index >= 15 is 0 Å². The highest BCUT2D eigenvalue weighted by Crippen LogP contribution is 2.22. The number of thiocarbonyl (C=S) groups is 1. The number of piperazine rings is 1. The minimum Gasteiger partial charge on any atom is -0.375 e. The smallest absolute Gasteiger partial charge is 0.184 e. The standard InChI is InChI=1S/C19H22FN5S/c20-17-12-16(13-22-23-19(21)26)6-7-18(17)25-10-8-24(9-11-25)14-15-4-2-1-3-5-15/h1-7,12-13H,8-11,14H2,(H3,21,23,26). The molecule has 1 heterocycles. The van der Waals surface area contributed by atoms with E-state index in [1.54, 1.807) is 6.07 Å². The third-order valence-electron chi connectivity index (χ3n) is 4.32. The lowest BCUT2D eigenvalue weighted by Gasteiger charge is -2.36. The number of hydrazone groups is 1. The molecule has 0 unspecified atom stereocenters. The number of nitrogens with two attached hydrogens (primary N) is 1. The lowest BCUT2D eigenvalue weighted by molar-refractivity contribution is 0.249. The first kappa shape index (κ1) is 18.3. The normalized spacial score (nSPS) is 15.3. The van der Waals surface area contributed by atoms with E-state index in [1.165, 1.54) is 17.8 Å². The Morgan fingerprint density at radius 3 is 2.54 bits per heavy atom. The summed E-state index contributed by atoms with van der Waals surface area (Å²) in [7, 11) is 0. The molecular weight excluding hydrogens is 349 g/mol. The fourth-order valence-corrected chi connectivity index (χ4v) is 3.07. The van der Waals surface area contributed by atoms with Crippen LogP contribution in [0.1, 0.15) is 11.1 Å². The van der Waals surface area contributed by atoms with Crippen LogP contribution in [0.4, 0.5) is 10.1 Å². The first-order valence-corrected chi connectivity index (χ1v) is 8.92. The molecule has 0 spiro atoms. The Morgan fingerprint density at radius 2 is 1.88 bits per heavy atom. The minimum absolute atomic E-state index is 0.0757. The molecule has 3 rings (SSSR count). The fourth-order valence-electron chi connectivity index (χ4n) is 3.02. The van der Waals surface area contributed by atoms with E-state index in [0.717, 1.165) is 32.7 Å². The van der Waals surface area contributed by atoms with Crippen LogP contribution in [0.2, 0.25) is 0 Å². The van der Waals surface area contributed by atoms with E-state index in [1.807, 2.05) is 12.1 Å². The van der Waals surface area contributed by atoms with Crippen LogP contribution in [-0.4, -0.2) is 42.4 Å². The molecule has 2 aromatic rings. The zero-order valence-electron chi connectivity index (χ0n) is 14.4. The highest BCUT2D eigenvalue weighted by molar-refractivity contribution is 7.80. The predicted octanol–water partition coefficient (Wildman–Crippen LogP) is 2.32. The molecule has 26 heavy (non-hydrogen) atoms. The van der Waals surface area contributed by atoms with E-state index in [-0.39, 0.29) is 10.9 Å². The Labute approximate surface area is 158 Å². The lowest BCUT2D eigenvalue weighted by atomic mass is 10.1. The number of hydrogen-bond acceptors (Lipinski definition) is 4. The van der Waals surface area contributed by atoms with E-state index < -0.39 is 0 Å². The molecule has 0 aliphatic carbocycles. The van der Waals surface area contributed by atoms with Gasteiger partial charge in [0.1, 0.15) is 5.82 Å². The van der Waals surface area contributed by atoms with Crippen LogP contribution in [0.15, 0.2) is 53.6 Å². The van der Waals surface area contributed by atoms with Crippen LogP contribution in [0.5, 0.6) is 0 Å². The van der Waals surface area contributed by atoms with Crippen molar-refractivity contribution in [3.05, 3.63) is 65.5 Å². The highest BCUT2D eigenvalue weighted by atomic mass is 32.1. The molecule has 0 radical (unpaired) electrons. The largest absolute Gasteiger partial charge is 0.375 e. The second-order valence-electron chi connectivity index (χ2n) is 6.19. The van der Waals surface area contributed by atoms with Crippen molar-refractivity contribution in [2.24, 2.45) is 10.8 Å². The first-order chi connectivity index (χ1) is 12.6. The fraction of sp³-hybridized carbons (Fsp3) is 0.263. The Hall–Kier alpha value is -2.51. The molecule has 1 saturated heterocycles. The average Bonchev–Trinajstić information content (AvgIpc) is 2.63. The number of nitrogens with zero attached hydrogens (tertiary/aromatic N) is 3. The van der Waals surface area contributed by atoms with Crippen molar-refractivity contribution in [2.45, 2.75) is 6.54 Å². The second-order valence-corrected chi connectivity index (χ2v) is 6.63. The summed E-state index contributed by atoms with van der Waals surface area (Å²) in [4.78, 5) is 4.48. The Morgan fingerprint density at radius 1 is 1.15 bits per heavy atom. The summed E-state index contributed by atoms with van der Waals surface area (Å²) in [6.45, 7) is 4.37. The summed E-state index contributed by atoms with van der Waals surface area (Å²) in [6.07, 6.45) is 1.49. The summed E-state index contributed by atoms with van der Waals surface area (Å²) in [5.41, 5.74) is 10.3. The Balaban J connectivity index is 1.57. The maximum absolute atomic E-state index is 14.5. The van der Waals surface area contributed by atoms with Crippen molar-refractivity contribution in [3.63, 3.8) is 0 Å². The molecule has 1 aliphatic heterocycles. The monoisotopic (exact) mass is 371 g/mol. The molecule has 0 bridgehead atoms. The lowest BCUT2D eigenvalue weighted by Crippen LogP contribution is -2.46. The highest BCUT2D eigenvalue weighted by Gasteiger charge is 2.19. The van der Waals surface area contributed by atoms with Crippen molar-refractivity contribution in [1.29, 1.82) is 0 Å². The zero-order chi connectivity index (χ0) is 18.4. The molecule has 0 atom stereocenters. The van der Waals surface area contributed by atoms with Gasteiger partial charge >= 0.3 is 0 Å². The average molecular weight is 371 g/mol. The Kier molecular flexibility index (Phi) is 6.14. The molecule has 1 fully saturated rings. The first-order valence-electron chi connectivity index (χ1n) is 8.51. The number of benzene rings is 2. The van der Waals surface area contributed by atoms with Crippen molar-refractivity contribution < 1.29 is 4.39 Å². The quantitative estimate of drug-likeness (QED) is 0.480. The zero-order valence-corrected chi connectivity index (χ0v) is 15.3. The predicted molar refractivity (Wildman–Crippen MR) is 108 cm³/mol. The summed E-state index contributed by atoms with van der Waals surface area (Å²) in [6, 6.07) is 15.5. The van der Waals surface area contributed by atoms with E-state index in [9.17, 15) is 4.39 Å². The van der Waals surface area contributed by atoms with Gasteiger partial charge in [-0.1, -0.05) is 36.4 Å². The van der Waals surface area contributed by atoms with Gasteiger partial charge in [-0.25, -0.2) is 4.39 Å². The number of rotatable bonds is 5. The van der Waals surface area contributed by atoms with Gasteiger partial charge in [0.15, 0.2) is 5.11 Å². The van der Waals surface area contributed by atoms with Gasteiger partial charge in [-0.2, -0.15) is 5.10 Å². The van der Waals surface area contributed by atoms with E-state index in [0.29, 0.717) is 11.3 Å². The second kappa shape index (κ2) is 8.73. The summed E-state index contributed by atoms with van der Waals surface area (Å²) < 4.78 is 14.5. The van der Waals surface area contributed by atoms with Gasteiger partial charge in [0, 0.05) is 32.7 Å². The molecule has 2 aromatic carbocycles. The van der Waals surface area contributed by atoms with Crippen LogP contribution < -0.4 is 16.1 Å². The van der Waals surface area contributed by atoms with Gasteiger partial charge in [0.05, 0.1) is 11.9 Å². The third kappa shape index (κ3) is 5.00. The number of hydrogen-bond donors (Lipinski definition) is 2. The van der Waals surface area contributed by atoms with Crippen LogP contribution >= 0.6 is 12.2 Å². The van der Waals surface area contributed by atoms with Crippen molar-refractivity contribution in [1.82, 2.24) is 10.3 Å². The van der Waals surface area contributed by atoms with E-state index in [2.05, 4.69) is 56.8 Å². The minimum atomic E-state index is -0.249. The van der Waals surface area contributed by atoms with Crippen molar-refractivity contribution >= 4 is 29.2 Å². The topological polar surface area (TPSA) is 56.9 Å². The van der Waals surface area contributed by atoms with Crippen molar-refractivity contribution in [3.8, 4) is 0 Å². The number of nitrogens with one attached hydrogen (secondary N) is 1. The number of anilines is 1. The van der Waals surface area contributed by atoms with Crippen LogP contribution in [0.3, 0.4) is 0 Å². The molecule has 5 nitrogen and oxygen atoms in total. The van der Waals surface area contributed by atoms with E-state index in [4.69, 9.17) is 5.73 Å². The molecule has 1 aliphatic rings. The maximum atomic E-state index is 14.5. The summed E-state index contributed by atoms with van der Waals surface area (Å²) in [5, 5.41) is 3.92. The van der Waals surface area contributed by atoms with Crippen molar-refractivity contribution in [2.75, 3.05) is 31.1 Å². The molecule has 136 valence electrons. The molecule has 0 amide bonds. The van der Waals surface area contributed by atoms with Gasteiger partial charge in [-0.15, -0.1) is 0 Å². The molecule has 3 N–H and O–H groups in total. The maximum Gasteiger partial charge on any atom is 0.184 e. The van der Waals surface area contributed by atoms with Crippen LogP contribution in [-0.2, 0) is 6.54 Å². The van der Waals surface area contributed by atoms with Gasteiger partial charge in [0.2, 0.25) is 0 Å². The third-order valence-corrected chi connectivity index (χ3v) is 4.41. The van der Waals surface area contributed by atoms with Crippen LogP contribution in [0, 0.1) is 5.82 Å². The Bertz CT molecular complexity index is 773. The van der Waals surface area contributed by atoms with Gasteiger partial charge in [0.25, 0.3) is 0 Å². The van der Waals surface area contributed by atoms with Gasteiger partial charge in [-0.05, 0) is 35.5 Å².